The second-order valence-corrected chi connectivity index (χ2v) is 3.10. The third kappa shape index (κ3) is 0.889. The van der Waals surface area contributed by atoms with Crippen molar-refractivity contribution in [2.24, 2.45) is 5.10 Å². The Labute approximate surface area is 79.1 Å². The van der Waals surface area contributed by atoms with E-state index in [0.717, 1.165) is 11.5 Å². The van der Waals surface area contributed by atoms with Gasteiger partial charge in [0.2, 0.25) is 0 Å². The number of hydrogen-bond acceptors (Lipinski definition) is 5. The van der Waals surface area contributed by atoms with Gasteiger partial charge in [-0.3, -0.25) is 4.57 Å². The van der Waals surface area contributed by atoms with E-state index >= 15 is 0 Å². The normalized spacial score (nSPS) is 14.2. The third-order valence-corrected chi connectivity index (χ3v) is 2.04. The summed E-state index contributed by atoms with van der Waals surface area (Å²) in [7, 11) is 0. The lowest BCUT2D eigenvalue weighted by atomic mass is 10.3. The Kier molecular flexibility index (Phi) is 1.30. The zero-order chi connectivity index (χ0) is 9.54. The molecule has 0 saturated carbocycles. The Hall–Kier alpha value is -2.05. The molecule has 0 atom stereocenters. The van der Waals surface area contributed by atoms with E-state index < -0.39 is 0 Å². The van der Waals surface area contributed by atoms with Gasteiger partial charge in [0.05, 0.1) is 0 Å². The lowest BCUT2D eigenvalue weighted by Crippen LogP contribution is -2.04. The van der Waals surface area contributed by atoms with Gasteiger partial charge >= 0.3 is 0 Å². The molecule has 1 aliphatic rings. The predicted octanol–water partition coefficient (Wildman–Crippen LogP) is -0.361. The molecule has 0 spiro atoms. The van der Waals surface area contributed by atoms with Crippen molar-refractivity contribution in [3.63, 3.8) is 0 Å². The summed E-state index contributed by atoms with van der Waals surface area (Å²) in [6.07, 6.45) is 3.86. The second kappa shape index (κ2) is 2.47. The maximum Gasteiger partial charge on any atom is 0.258 e. The summed E-state index contributed by atoms with van der Waals surface area (Å²) in [6, 6.07) is 0. The van der Waals surface area contributed by atoms with E-state index in [0.29, 0.717) is 12.4 Å². The van der Waals surface area contributed by atoms with Crippen LogP contribution in [0.3, 0.4) is 0 Å². The molecular formula is C7H7N7. The van der Waals surface area contributed by atoms with E-state index in [4.69, 9.17) is 0 Å². The molecule has 0 fully saturated rings. The van der Waals surface area contributed by atoms with E-state index in [1.165, 1.54) is 0 Å². The Morgan fingerprint density at radius 1 is 1.21 bits per heavy atom. The highest BCUT2D eigenvalue weighted by Crippen LogP contribution is 2.11. The van der Waals surface area contributed by atoms with Crippen molar-refractivity contribution in [3.05, 3.63) is 18.5 Å². The van der Waals surface area contributed by atoms with Gasteiger partial charge in [-0.25, -0.2) is 0 Å². The molecule has 3 heterocycles. The number of nitrogens with zero attached hydrogens (tertiary/aromatic N) is 7. The summed E-state index contributed by atoms with van der Waals surface area (Å²) in [5, 5.41) is 19.9. The maximum atomic E-state index is 4.31. The lowest BCUT2D eigenvalue weighted by molar-refractivity contribution is 0.795. The first-order valence-electron chi connectivity index (χ1n) is 4.18. The molecule has 0 aromatic carbocycles. The highest BCUT2D eigenvalue weighted by molar-refractivity contribution is 5.83. The van der Waals surface area contributed by atoms with Gasteiger partial charge in [-0.15, -0.1) is 20.4 Å². The molecule has 3 rings (SSSR count). The molecule has 0 radical (unpaired) electrons. The van der Waals surface area contributed by atoms with Crippen LogP contribution >= 0.6 is 0 Å². The molecule has 0 unspecified atom stereocenters. The molecule has 0 N–H and O–H groups in total. The first-order valence-corrected chi connectivity index (χ1v) is 4.18. The summed E-state index contributed by atoms with van der Waals surface area (Å²) in [5.74, 6) is 1.46. The minimum atomic E-state index is 0.627. The van der Waals surface area contributed by atoms with Gasteiger partial charge in [0.15, 0.2) is 0 Å². The van der Waals surface area contributed by atoms with Gasteiger partial charge in [-0.2, -0.15) is 9.78 Å². The summed E-state index contributed by atoms with van der Waals surface area (Å²) >= 11 is 0. The van der Waals surface area contributed by atoms with Crippen LogP contribution in [0.5, 0.6) is 0 Å². The van der Waals surface area contributed by atoms with Gasteiger partial charge < -0.3 is 0 Å². The Morgan fingerprint density at radius 2 is 2.07 bits per heavy atom. The van der Waals surface area contributed by atoms with Crippen LogP contribution in [0.2, 0.25) is 0 Å². The standard InChI is InChI=1S/C7H7N7/c1-5-2-6-10-8-3-13(6)7-11-9-4-14(7)12-5/h3-4H,2H2,1H3. The summed E-state index contributed by atoms with van der Waals surface area (Å²) < 4.78 is 3.40. The Morgan fingerprint density at radius 3 is 3.00 bits per heavy atom. The van der Waals surface area contributed by atoms with E-state index in [1.807, 2.05) is 6.92 Å². The Bertz CT molecular complexity index is 506. The van der Waals surface area contributed by atoms with Crippen molar-refractivity contribution in [2.75, 3.05) is 0 Å². The fourth-order valence-electron chi connectivity index (χ4n) is 1.45. The van der Waals surface area contributed by atoms with E-state index in [-0.39, 0.29) is 0 Å². The van der Waals surface area contributed by atoms with Crippen molar-refractivity contribution < 1.29 is 0 Å². The van der Waals surface area contributed by atoms with Gasteiger partial charge in [0, 0.05) is 12.1 Å². The smallest absolute Gasteiger partial charge is 0.251 e. The summed E-state index contributed by atoms with van der Waals surface area (Å²) in [6.45, 7) is 1.94. The average Bonchev–Trinajstić information content (AvgIpc) is 2.72. The maximum absolute atomic E-state index is 4.31. The van der Waals surface area contributed by atoms with Crippen molar-refractivity contribution in [3.8, 4) is 5.95 Å². The van der Waals surface area contributed by atoms with Gasteiger partial charge in [0.1, 0.15) is 18.5 Å². The zero-order valence-corrected chi connectivity index (χ0v) is 7.49. The van der Waals surface area contributed by atoms with Crippen LogP contribution in [-0.4, -0.2) is 35.3 Å². The van der Waals surface area contributed by atoms with Crippen molar-refractivity contribution >= 4 is 5.71 Å². The quantitative estimate of drug-likeness (QED) is 0.567. The topological polar surface area (TPSA) is 73.8 Å². The fraction of sp³-hybridized carbons (Fsp3) is 0.286. The van der Waals surface area contributed by atoms with E-state index in [1.54, 1.807) is 21.9 Å². The second-order valence-electron chi connectivity index (χ2n) is 3.10. The van der Waals surface area contributed by atoms with E-state index in [2.05, 4.69) is 25.5 Å². The average molecular weight is 189 g/mol. The minimum Gasteiger partial charge on any atom is -0.251 e. The number of fused-ring (bicyclic) bond motifs is 3. The molecule has 0 aliphatic carbocycles. The third-order valence-electron chi connectivity index (χ3n) is 2.04. The number of aromatic nitrogens is 6. The van der Waals surface area contributed by atoms with Crippen molar-refractivity contribution in [2.45, 2.75) is 13.3 Å². The molecule has 0 bridgehead atoms. The largest absolute Gasteiger partial charge is 0.258 e. The Balaban J connectivity index is 2.33. The lowest BCUT2D eigenvalue weighted by Gasteiger charge is -1.97. The monoisotopic (exact) mass is 189 g/mol. The SMILES string of the molecule is CC1=Nn2cnnc2-n2cnnc2C1. The molecule has 14 heavy (non-hydrogen) atoms. The molecule has 2 aromatic heterocycles. The summed E-state index contributed by atoms with van der Waals surface area (Å²) in [4.78, 5) is 0. The van der Waals surface area contributed by atoms with Crippen LogP contribution in [0.1, 0.15) is 12.7 Å². The summed E-state index contributed by atoms with van der Waals surface area (Å²) in [5.41, 5.74) is 0.956. The van der Waals surface area contributed by atoms with Crippen LogP contribution in [-0.2, 0) is 6.42 Å². The van der Waals surface area contributed by atoms with Crippen LogP contribution in [0, 0.1) is 0 Å². The minimum absolute atomic E-state index is 0.627. The highest BCUT2D eigenvalue weighted by atomic mass is 15.5. The first-order chi connectivity index (χ1) is 6.84. The van der Waals surface area contributed by atoms with Gasteiger partial charge in [0.25, 0.3) is 5.95 Å². The molecule has 7 nitrogen and oxygen atoms in total. The fourth-order valence-corrected chi connectivity index (χ4v) is 1.45. The number of hydrogen-bond donors (Lipinski definition) is 0. The number of rotatable bonds is 0. The molecule has 2 aromatic rings. The molecule has 7 heteroatoms. The first kappa shape index (κ1) is 7.36. The van der Waals surface area contributed by atoms with Crippen LogP contribution < -0.4 is 0 Å². The molecule has 0 amide bonds. The molecule has 1 aliphatic heterocycles. The van der Waals surface area contributed by atoms with Crippen LogP contribution in [0.15, 0.2) is 17.8 Å². The van der Waals surface area contributed by atoms with Crippen molar-refractivity contribution in [1.82, 2.24) is 29.6 Å². The van der Waals surface area contributed by atoms with Gasteiger partial charge in [-0.1, -0.05) is 0 Å². The van der Waals surface area contributed by atoms with Crippen LogP contribution in [0.4, 0.5) is 0 Å². The van der Waals surface area contributed by atoms with Gasteiger partial charge in [-0.05, 0) is 6.92 Å². The van der Waals surface area contributed by atoms with Crippen LogP contribution in [0.25, 0.3) is 5.95 Å². The molecular weight excluding hydrogens is 182 g/mol. The molecule has 70 valence electrons. The van der Waals surface area contributed by atoms with Crippen molar-refractivity contribution in [1.29, 1.82) is 0 Å². The predicted molar refractivity (Wildman–Crippen MR) is 47.2 cm³/mol. The zero-order valence-electron chi connectivity index (χ0n) is 7.49. The van der Waals surface area contributed by atoms with E-state index in [9.17, 15) is 0 Å². The molecule has 0 saturated heterocycles. The highest BCUT2D eigenvalue weighted by Gasteiger charge is 2.16.